The van der Waals surface area contributed by atoms with Gasteiger partial charge in [-0.1, -0.05) is 24.3 Å². The van der Waals surface area contributed by atoms with E-state index in [9.17, 15) is 4.79 Å². The number of carbonyl (C=O) groups excluding carboxylic acids is 1. The van der Waals surface area contributed by atoms with Gasteiger partial charge in [-0.3, -0.25) is 9.79 Å². The number of carbonyl (C=O) groups is 1. The normalized spacial score (nSPS) is 18.6. The molecule has 37 heavy (non-hydrogen) atoms. The average Bonchev–Trinajstić information content (AvgIpc) is 3.57. The lowest BCUT2D eigenvalue weighted by molar-refractivity contribution is -0.136. The van der Waals surface area contributed by atoms with Crippen LogP contribution in [0.25, 0.3) is 10.2 Å². The predicted octanol–water partition coefficient (Wildman–Crippen LogP) is 4.82. The Labute approximate surface area is 219 Å². The topological polar surface area (TPSA) is 73.7 Å². The Kier molecular flexibility index (Phi) is 5.61. The first-order chi connectivity index (χ1) is 18.2. The molecule has 7 nitrogen and oxygen atoms in total. The van der Waals surface area contributed by atoms with E-state index < -0.39 is 0 Å². The molecule has 1 fully saturated rings. The van der Waals surface area contributed by atoms with Gasteiger partial charge in [-0.15, -0.1) is 11.3 Å². The van der Waals surface area contributed by atoms with Crippen molar-refractivity contribution in [2.75, 3.05) is 36.4 Å². The molecule has 1 unspecified atom stereocenters. The zero-order valence-electron chi connectivity index (χ0n) is 20.6. The van der Waals surface area contributed by atoms with Crippen LogP contribution in [-0.2, 0) is 24.2 Å². The van der Waals surface area contributed by atoms with Crippen molar-refractivity contribution in [2.45, 2.75) is 25.8 Å². The molecule has 4 heterocycles. The zero-order valence-corrected chi connectivity index (χ0v) is 21.4. The number of thiophene rings is 1. The number of anilines is 3. The summed E-state index contributed by atoms with van der Waals surface area (Å²) in [6.45, 7) is 4.10. The van der Waals surface area contributed by atoms with Gasteiger partial charge >= 0.3 is 0 Å². The van der Waals surface area contributed by atoms with Gasteiger partial charge in [0.15, 0.2) is 0 Å². The van der Waals surface area contributed by atoms with Crippen molar-refractivity contribution >= 4 is 50.9 Å². The molecule has 2 aromatic heterocycles. The van der Waals surface area contributed by atoms with E-state index >= 15 is 0 Å². The first kappa shape index (κ1) is 22.4. The number of fused-ring (bicyclic) bond motifs is 4. The number of benzene rings is 2. The molecule has 186 valence electrons. The minimum atomic E-state index is 0.0456. The number of nitrogens with one attached hydrogen (secondary N) is 1. The maximum absolute atomic E-state index is 13.5. The van der Waals surface area contributed by atoms with E-state index in [1.165, 1.54) is 21.7 Å². The second kappa shape index (κ2) is 9.27. The summed E-state index contributed by atoms with van der Waals surface area (Å²) in [5.74, 6) is 1.20. The fraction of sp³-hybridized carbons (Fsp3) is 0.310. The Hall–Kier alpha value is -3.78. The fourth-order valence-electron chi connectivity index (χ4n) is 5.81. The monoisotopic (exact) mass is 508 g/mol. The molecule has 8 heteroatoms. The van der Waals surface area contributed by atoms with E-state index in [1.54, 1.807) is 17.7 Å². The van der Waals surface area contributed by atoms with E-state index in [0.717, 1.165) is 79.3 Å². The van der Waals surface area contributed by atoms with Gasteiger partial charge in [-0.05, 0) is 60.2 Å². The van der Waals surface area contributed by atoms with Crippen molar-refractivity contribution in [3.05, 3.63) is 76.4 Å². The third-order valence-corrected chi connectivity index (χ3v) is 8.97. The zero-order chi connectivity index (χ0) is 24.8. The Morgan fingerprint density at radius 1 is 1.03 bits per heavy atom. The predicted molar refractivity (Wildman–Crippen MR) is 149 cm³/mol. The highest BCUT2D eigenvalue weighted by Gasteiger charge is 2.33. The highest BCUT2D eigenvalue weighted by Crippen LogP contribution is 2.41. The third kappa shape index (κ3) is 4.15. The van der Waals surface area contributed by atoms with Crippen molar-refractivity contribution in [1.82, 2.24) is 14.9 Å². The van der Waals surface area contributed by atoms with Crippen molar-refractivity contribution in [1.29, 1.82) is 0 Å². The van der Waals surface area contributed by atoms with Gasteiger partial charge in [0.1, 0.15) is 17.0 Å². The minimum absolute atomic E-state index is 0.0456. The molecule has 1 aliphatic carbocycles. The number of rotatable bonds is 4. The number of aliphatic imine (C=N–C) groups is 1. The van der Waals surface area contributed by atoms with Crippen LogP contribution >= 0.6 is 11.3 Å². The Balaban J connectivity index is 1.07. The van der Waals surface area contributed by atoms with Crippen molar-refractivity contribution in [2.24, 2.45) is 10.9 Å². The molecule has 0 radical (unpaired) electrons. The fourth-order valence-corrected chi connectivity index (χ4v) is 7.08. The summed E-state index contributed by atoms with van der Waals surface area (Å²) in [7, 11) is 0. The maximum Gasteiger partial charge on any atom is 0.226 e. The van der Waals surface area contributed by atoms with Crippen molar-refractivity contribution in [3.63, 3.8) is 0 Å². The van der Waals surface area contributed by atoms with E-state index in [2.05, 4.69) is 72.5 Å². The SMILES string of the molecule is O=C(C1CCc2c(sc3ncnc(Nc4ccc5c(c4)C=NC5)c23)C1)N1CCN(c2ccccc2)CC1. The maximum atomic E-state index is 13.5. The van der Waals surface area contributed by atoms with Gasteiger partial charge in [0.25, 0.3) is 0 Å². The van der Waals surface area contributed by atoms with Gasteiger partial charge in [0.05, 0.1) is 11.9 Å². The quantitative estimate of drug-likeness (QED) is 0.428. The van der Waals surface area contributed by atoms with Crippen LogP contribution < -0.4 is 10.2 Å². The largest absolute Gasteiger partial charge is 0.368 e. The highest BCUT2D eigenvalue weighted by molar-refractivity contribution is 7.19. The molecule has 1 saturated heterocycles. The molecule has 2 aliphatic heterocycles. The van der Waals surface area contributed by atoms with Crippen LogP contribution in [0.1, 0.15) is 28.0 Å². The molecular formula is C29H28N6OS. The summed E-state index contributed by atoms with van der Waals surface area (Å²) in [4.78, 5) is 33.8. The highest BCUT2D eigenvalue weighted by atomic mass is 32.1. The summed E-state index contributed by atoms with van der Waals surface area (Å²) in [6.07, 6.45) is 6.12. The molecule has 7 rings (SSSR count). The summed E-state index contributed by atoms with van der Waals surface area (Å²) in [6, 6.07) is 16.8. The first-order valence-electron chi connectivity index (χ1n) is 13.0. The lowest BCUT2D eigenvalue weighted by Gasteiger charge is -2.38. The molecule has 1 N–H and O–H groups in total. The lowest BCUT2D eigenvalue weighted by atomic mass is 9.86. The third-order valence-electron chi connectivity index (χ3n) is 7.81. The number of aromatic nitrogens is 2. The van der Waals surface area contributed by atoms with Gasteiger partial charge < -0.3 is 15.1 Å². The van der Waals surface area contributed by atoms with Gasteiger partial charge in [-0.2, -0.15) is 0 Å². The van der Waals surface area contributed by atoms with Crippen LogP contribution in [0.2, 0.25) is 0 Å². The number of hydrogen-bond acceptors (Lipinski definition) is 7. The van der Waals surface area contributed by atoms with Crippen LogP contribution in [0.3, 0.4) is 0 Å². The summed E-state index contributed by atoms with van der Waals surface area (Å²) < 4.78 is 0. The first-order valence-corrected chi connectivity index (χ1v) is 13.8. The van der Waals surface area contributed by atoms with Crippen LogP contribution in [0.15, 0.2) is 59.9 Å². The van der Waals surface area contributed by atoms with Crippen molar-refractivity contribution < 1.29 is 4.79 Å². The second-order valence-electron chi connectivity index (χ2n) is 10.0. The number of piperazine rings is 1. The molecule has 3 aliphatic rings. The Morgan fingerprint density at radius 2 is 1.89 bits per heavy atom. The smallest absolute Gasteiger partial charge is 0.226 e. The molecule has 2 aromatic carbocycles. The van der Waals surface area contributed by atoms with Gasteiger partial charge in [0, 0.05) is 54.6 Å². The molecule has 4 aromatic rings. The minimum Gasteiger partial charge on any atom is -0.368 e. The van der Waals surface area contributed by atoms with Crippen LogP contribution in [-0.4, -0.2) is 53.2 Å². The average molecular weight is 509 g/mol. The number of para-hydroxylation sites is 1. The summed E-state index contributed by atoms with van der Waals surface area (Å²) >= 11 is 1.72. The number of hydrogen-bond donors (Lipinski definition) is 1. The van der Waals surface area contributed by atoms with Crippen LogP contribution in [0.4, 0.5) is 17.2 Å². The van der Waals surface area contributed by atoms with E-state index in [0.29, 0.717) is 5.91 Å². The standard InChI is InChI=1S/C29H28N6OS/c36-29(35-12-10-34(11-13-35)23-4-2-1-3-5-23)19-7-9-24-25(15-19)37-28-26(24)27(31-18-32-28)33-22-8-6-20-16-30-17-21(20)14-22/h1-6,8,14,17-19H,7,9-13,15-16H2,(H,31,32,33). The molecule has 0 saturated carbocycles. The Bertz CT molecular complexity index is 1510. The molecular weight excluding hydrogens is 480 g/mol. The van der Waals surface area contributed by atoms with Gasteiger partial charge in [0.2, 0.25) is 5.91 Å². The second-order valence-corrected chi connectivity index (χ2v) is 11.1. The number of aryl methyl sites for hydroxylation is 1. The number of nitrogens with zero attached hydrogens (tertiary/aromatic N) is 5. The van der Waals surface area contributed by atoms with E-state index in [1.807, 2.05) is 12.3 Å². The molecule has 0 spiro atoms. The van der Waals surface area contributed by atoms with Crippen LogP contribution in [0, 0.1) is 5.92 Å². The molecule has 1 amide bonds. The Morgan fingerprint density at radius 3 is 2.76 bits per heavy atom. The lowest BCUT2D eigenvalue weighted by Crippen LogP contribution is -2.51. The van der Waals surface area contributed by atoms with Crippen molar-refractivity contribution in [3.8, 4) is 0 Å². The molecule has 0 bridgehead atoms. The van der Waals surface area contributed by atoms with Gasteiger partial charge in [-0.25, -0.2) is 9.97 Å². The summed E-state index contributed by atoms with van der Waals surface area (Å²) in [5.41, 5.74) is 5.96. The number of amides is 1. The summed E-state index contributed by atoms with van der Waals surface area (Å²) in [5, 5.41) is 4.64. The molecule has 1 atom stereocenters. The van der Waals surface area contributed by atoms with E-state index in [-0.39, 0.29) is 5.92 Å². The van der Waals surface area contributed by atoms with Crippen LogP contribution in [0.5, 0.6) is 0 Å². The van der Waals surface area contributed by atoms with E-state index in [4.69, 9.17) is 0 Å².